The van der Waals surface area contributed by atoms with Gasteiger partial charge in [0.2, 0.25) is 0 Å². The van der Waals surface area contributed by atoms with Gasteiger partial charge in [0.25, 0.3) is 0 Å². The summed E-state index contributed by atoms with van der Waals surface area (Å²) in [4.78, 5) is 0. The molecule has 0 amide bonds. The third kappa shape index (κ3) is 3.33. The molecule has 100 valence electrons. The van der Waals surface area contributed by atoms with Crippen LogP contribution in [0.1, 0.15) is 44.7 Å². The number of hydrogen-bond acceptors (Lipinski definition) is 2. The SMILES string of the molecule is CCC(C)(CO)CNC(c1ccccc1)C1CC1. The molecule has 2 unspecified atom stereocenters. The van der Waals surface area contributed by atoms with Crippen LogP contribution in [0.2, 0.25) is 0 Å². The van der Waals surface area contributed by atoms with Gasteiger partial charge in [-0.25, -0.2) is 0 Å². The Bertz CT molecular complexity index is 355. The third-order valence-electron chi connectivity index (χ3n) is 4.24. The van der Waals surface area contributed by atoms with Gasteiger partial charge in [0.15, 0.2) is 0 Å². The molecule has 1 aromatic carbocycles. The quantitative estimate of drug-likeness (QED) is 0.776. The van der Waals surface area contributed by atoms with Crippen LogP contribution in [0.25, 0.3) is 0 Å². The molecule has 2 nitrogen and oxygen atoms in total. The lowest BCUT2D eigenvalue weighted by molar-refractivity contribution is 0.130. The summed E-state index contributed by atoms with van der Waals surface area (Å²) in [5, 5.41) is 13.2. The van der Waals surface area contributed by atoms with Gasteiger partial charge in [0.1, 0.15) is 0 Å². The summed E-state index contributed by atoms with van der Waals surface area (Å²) in [6.45, 7) is 5.43. The van der Waals surface area contributed by atoms with Gasteiger partial charge >= 0.3 is 0 Å². The van der Waals surface area contributed by atoms with E-state index in [2.05, 4.69) is 49.5 Å². The summed E-state index contributed by atoms with van der Waals surface area (Å²) >= 11 is 0. The highest BCUT2D eigenvalue weighted by molar-refractivity contribution is 5.21. The van der Waals surface area contributed by atoms with Crippen LogP contribution in [0.4, 0.5) is 0 Å². The van der Waals surface area contributed by atoms with Gasteiger partial charge < -0.3 is 10.4 Å². The van der Waals surface area contributed by atoms with E-state index in [0.29, 0.717) is 6.04 Å². The van der Waals surface area contributed by atoms with Crippen LogP contribution in [0, 0.1) is 11.3 Å². The average Bonchev–Trinajstić information content (AvgIpc) is 3.24. The van der Waals surface area contributed by atoms with Gasteiger partial charge in [-0.3, -0.25) is 0 Å². The van der Waals surface area contributed by atoms with Gasteiger partial charge in [-0.15, -0.1) is 0 Å². The zero-order valence-corrected chi connectivity index (χ0v) is 11.5. The van der Waals surface area contributed by atoms with Gasteiger partial charge in [-0.1, -0.05) is 44.2 Å². The van der Waals surface area contributed by atoms with Crippen molar-refractivity contribution in [1.29, 1.82) is 0 Å². The molecule has 1 fully saturated rings. The number of aliphatic hydroxyl groups is 1. The van der Waals surface area contributed by atoms with Crippen LogP contribution in [0.15, 0.2) is 30.3 Å². The monoisotopic (exact) mass is 247 g/mol. The first-order valence-corrected chi connectivity index (χ1v) is 7.08. The molecule has 1 aromatic rings. The number of rotatable bonds is 7. The minimum absolute atomic E-state index is 0.00191. The lowest BCUT2D eigenvalue weighted by Gasteiger charge is -2.29. The van der Waals surface area contributed by atoms with Crippen LogP contribution in [-0.4, -0.2) is 18.3 Å². The van der Waals surface area contributed by atoms with E-state index in [4.69, 9.17) is 0 Å². The maximum atomic E-state index is 9.48. The molecule has 18 heavy (non-hydrogen) atoms. The van der Waals surface area contributed by atoms with Crippen LogP contribution in [-0.2, 0) is 0 Å². The molecule has 1 aliphatic carbocycles. The maximum Gasteiger partial charge on any atom is 0.0496 e. The summed E-state index contributed by atoms with van der Waals surface area (Å²) in [7, 11) is 0. The molecule has 2 atom stereocenters. The molecule has 0 saturated heterocycles. The van der Waals surface area contributed by atoms with E-state index in [1.807, 2.05) is 0 Å². The first-order valence-electron chi connectivity index (χ1n) is 7.08. The molecule has 0 spiro atoms. The number of hydrogen-bond donors (Lipinski definition) is 2. The lowest BCUT2D eigenvalue weighted by Crippen LogP contribution is -2.37. The molecule has 0 aromatic heterocycles. The number of benzene rings is 1. The predicted octanol–water partition coefficient (Wildman–Crippen LogP) is 3.14. The fourth-order valence-corrected chi connectivity index (χ4v) is 2.30. The van der Waals surface area contributed by atoms with E-state index in [9.17, 15) is 5.11 Å². The van der Waals surface area contributed by atoms with E-state index in [-0.39, 0.29) is 12.0 Å². The van der Waals surface area contributed by atoms with Crippen molar-refractivity contribution >= 4 is 0 Å². The Labute approximate surface area is 110 Å². The second-order valence-corrected chi connectivity index (χ2v) is 5.93. The predicted molar refractivity (Wildman–Crippen MR) is 75.4 cm³/mol. The second kappa shape index (κ2) is 5.85. The molecule has 2 N–H and O–H groups in total. The summed E-state index contributed by atoms with van der Waals surface area (Å²) in [5.41, 5.74) is 1.39. The van der Waals surface area contributed by atoms with E-state index < -0.39 is 0 Å². The number of aliphatic hydroxyl groups excluding tert-OH is 1. The maximum absolute atomic E-state index is 9.48. The van der Waals surface area contributed by atoms with Gasteiger partial charge in [-0.05, 0) is 30.7 Å². The Morgan fingerprint density at radius 1 is 1.33 bits per heavy atom. The van der Waals surface area contributed by atoms with Crippen LogP contribution in [0.5, 0.6) is 0 Å². The zero-order valence-electron chi connectivity index (χ0n) is 11.5. The minimum Gasteiger partial charge on any atom is -0.396 e. The molecule has 0 aliphatic heterocycles. The topological polar surface area (TPSA) is 32.3 Å². The molecule has 1 saturated carbocycles. The Morgan fingerprint density at radius 3 is 2.50 bits per heavy atom. The fraction of sp³-hybridized carbons (Fsp3) is 0.625. The largest absolute Gasteiger partial charge is 0.396 e. The Morgan fingerprint density at radius 2 is 2.00 bits per heavy atom. The highest BCUT2D eigenvalue weighted by Gasteiger charge is 2.33. The third-order valence-corrected chi connectivity index (χ3v) is 4.24. The average molecular weight is 247 g/mol. The van der Waals surface area contributed by atoms with Crippen molar-refractivity contribution in [3.05, 3.63) is 35.9 Å². The van der Waals surface area contributed by atoms with Gasteiger partial charge in [0.05, 0.1) is 0 Å². The normalized spacial score (nSPS) is 20.4. The molecule has 0 radical (unpaired) electrons. The Balaban J connectivity index is 2.00. The molecule has 2 rings (SSSR count). The lowest BCUT2D eigenvalue weighted by atomic mass is 9.88. The van der Waals surface area contributed by atoms with Crippen LogP contribution in [0.3, 0.4) is 0 Å². The van der Waals surface area contributed by atoms with Crippen molar-refractivity contribution in [2.24, 2.45) is 11.3 Å². The van der Waals surface area contributed by atoms with Crippen LogP contribution < -0.4 is 5.32 Å². The van der Waals surface area contributed by atoms with Crippen molar-refractivity contribution in [2.45, 2.75) is 39.2 Å². The van der Waals surface area contributed by atoms with E-state index in [0.717, 1.165) is 18.9 Å². The van der Waals surface area contributed by atoms with Crippen molar-refractivity contribution in [2.75, 3.05) is 13.2 Å². The highest BCUT2D eigenvalue weighted by Crippen LogP contribution is 2.41. The molecule has 2 heteroatoms. The highest BCUT2D eigenvalue weighted by atomic mass is 16.3. The Hall–Kier alpha value is -0.860. The molecular formula is C16H25NO. The summed E-state index contributed by atoms with van der Waals surface area (Å²) < 4.78 is 0. The van der Waals surface area contributed by atoms with Crippen molar-refractivity contribution in [3.63, 3.8) is 0 Å². The summed E-state index contributed by atoms with van der Waals surface area (Å²) in [6.07, 6.45) is 3.66. The minimum atomic E-state index is 0.00191. The first kappa shape index (κ1) is 13.6. The van der Waals surface area contributed by atoms with E-state index in [1.54, 1.807) is 0 Å². The smallest absolute Gasteiger partial charge is 0.0496 e. The summed E-state index contributed by atoms with van der Waals surface area (Å²) in [5.74, 6) is 0.784. The van der Waals surface area contributed by atoms with Gasteiger partial charge in [-0.2, -0.15) is 0 Å². The second-order valence-electron chi connectivity index (χ2n) is 5.93. The van der Waals surface area contributed by atoms with E-state index >= 15 is 0 Å². The fourth-order valence-electron chi connectivity index (χ4n) is 2.30. The Kier molecular flexibility index (Phi) is 4.41. The van der Waals surface area contributed by atoms with Crippen LogP contribution >= 0.6 is 0 Å². The first-order chi connectivity index (χ1) is 8.68. The van der Waals surface area contributed by atoms with E-state index in [1.165, 1.54) is 18.4 Å². The standard InChI is InChI=1S/C16H25NO/c1-3-16(2,12-18)11-17-15(14-9-10-14)13-7-5-4-6-8-13/h4-8,14-15,17-18H,3,9-12H2,1-2H3. The zero-order chi connectivity index (χ0) is 13.0. The molecular weight excluding hydrogens is 222 g/mol. The molecule has 0 heterocycles. The van der Waals surface area contributed by atoms with Gasteiger partial charge in [0, 0.05) is 24.6 Å². The molecule has 0 bridgehead atoms. The van der Waals surface area contributed by atoms with Crippen molar-refractivity contribution in [1.82, 2.24) is 5.32 Å². The van der Waals surface area contributed by atoms with Crippen molar-refractivity contribution < 1.29 is 5.11 Å². The molecule has 1 aliphatic rings. The number of nitrogens with one attached hydrogen (secondary N) is 1. The van der Waals surface area contributed by atoms with Crippen molar-refractivity contribution in [3.8, 4) is 0 Å². The summed E-state index contributed by atoms with van der Waals surface area (Å²) in [6, 6.07) is 11.2.